The summed E-state index contributed by atoms with van der Waals surface area (Å²) in [4.78, 5) is 18.0. The number of carbonyl (C=O) groups is 1. The van der Waals surface area contributed by atoms with Gasteiger partial charge in [-0.15, -0.1) is 12.4 Å². The van der Waals surface area contributed by atoms with E-state index in [9.17, 15) is 4.79 Å². The molecule has 3 heterocycles. The Balaban J connectivity index is 0.00000205. The highest BCUT2D eigenvalue weighted by atomic mass is 35.5. The molecular weight excluding hydrogens is 382 g/mol. The van der Waals surface area contributed by atoms with Gasteiger partial charge in [0.25, 0.3) is 5.91 Å². The lowest BCUT2D eigenvalue weighted by Crippen LogP contribution is -2.33. The Bertz CT molecular complexity index is 1060. The van der Waals surface area contributed by atoms with Gasteiger partial charge in [-0.25, -0.2) is 0 Å². The molecule has 0 radical (unpaired) electrons. The number of carbonyl (C=O) groups excluding carboxylic acids is 1. The van der Waals surface area contributed by atoms with E-state index in [4.69, 9.17) is 0 Å². The monoisotopic (exact) mass is 409 g/mol. The van der Waals surface area contributed by atoms with Gasteiger partial charge in [0.2, 0.25) is 0 Å². The van der Waals surface area contributed by atoms with Crippen molar-refractivity contribution in [1.29, 1.82) is 0 Å². The number of nitrogens with zero attached hydrogens (tertiary/aromatic N) is 3. The Morgan fingerprint density at radius 3 is 2.48 bits per heavy atom. The summed E-state index contributed by atoms with van der Waals surface area (Å²) in [5, 5.41) is 1.06. The Hall–Kier alpha value is -2.30. The number of aromatic nitrogens is 1. The summed E-state index contributed by atoms with van der Waals surface area (Å²) >= 11 is 0. The van der Waals surface area contributed by atoms with E-state index in [0.717, 1.165) is 36.1 Å². The van der Waals surface area contributed by atoms with Crippen molar-refractivity contribution in [2.45, 2.75) is 13.0 Å². The minimum absolute atomic E-state index is 0. The van der Waals surface area contributed by atoms with Gasteiger partial charge >= 0.3 is 0 Å². The molecule has 5 heteroatoms. The number of fused-ring (bicyclic) bond motifs is 2. The Morgan fingerprint density at radius 1 is 0.966 bits per heavy atom. The highest BCUT2D eigenvalue weighted by molar-refractivity contribution is 6.07. The average Bonchev–Trinajstić information content (AvgIpc) is 3.33. The smallest absolute Gasteiger partial charge is 0.256 e. The molecule has 2 aliphatic rings. The van der Waals surface area contributed by atoms with Crippen LogP contribution in [0.4, 0.5) is 0 Å². The molecule has 5 rings (SSSR count). The summed E-state index contributed by atoms with van der Waals surface area (Å²) in [6.45, 7) is 4.96. The second-order valence-corrected chi connectivity index (χ2v) is 8.55. The Labute approximate surface area is 178 Å². The van der Waals surface area contributed by atoms with E-state index in [0.29, 0.717) is 17.9 Å². The lowest BCUT2D eigenvalue weighted by molar-refractivity contribution is 0.0769. The van der Waals surface area contributed by atoms with Gasteiger partial charge in [-0.05, 0) is 37.1 Å². The van der Waals surface area contributed by atoms with Crippen molar-refractivity contribution in [3.8, 4) is 0 Å². The largest absolute Gasteiger partial charge is 0.350 e. The van der Waals surface area contributed by atoms with Gasteiger partial charge in [0.05, 0.1) is 5.56 Å². The first-order valence-electron chi connectivity index (χ1n) is 10.1. The summed E-state index contributed by atoms with van der Waals surface area (Å²) in [6.07, 6.45) is 1.99. The van der Waals surface area contributed by atoms with Gasteiger partial charge in [0.1, 0.15) is 0 Å². The number of amides is 1. The van der Waals surface area contributed by atoms with Crippen LogP contribution >= 0.6 is 12.4 Å². The van der Waals surface area contributed by atoms with Gasteiger partial charge in [0, 0.05) is 55.7 Å². The molecule has 3 atom stereocenters. The normalized spacial score (nSPS) is 24.0. The molecule has 1 amide bonds. The number of aryl methyl sites for hydroxylation is 2. The van der Waals surface area contributed by atoms with Crippen molar-refractivity contribution >= 4 is 29.2 Å². The molecule has 4 nitrogen and oxygen atoms in total. The van der Waals surface area contributed by atoms with E-state index >= 15 is 0 Å². The van der Waals surface area contributed by atoms with Crippen LogP contribution in [0.5, 0.6) is 0 Å². The van der Waals surface area contributed by atoms with Crippen LogP contribution in [0.2, 0.25) is 0 Å². The average molecular weight is 410 g/mol. The molecule has 2 fully saturated rings. The third kappa shape index (κ3) is 3.15. The molecule has 2 aliphatic heterocycles. The summed E-state index contributed by atoms with van der Waals surface area (Å²) < 4.78 is 2.06. The zero-order chi connectivity index (χ0) is 19.4. The number of benzene rings is 2. The Kier molecular flexibility index (Phi) is 5.18. The van der Waals surface area contributed by atoms with Crippen LogP contribution in [0.25, 0.3) is 10.9 Å². The fourth-order valence-electron chi connectivity index (χ4n) is 5.49. The predicted molar refractivity (Wildman–Crippen MR) is 120 cm³/mol. The number of hydrogen-bond donors (Lipinski definition) is 0. The first-order valence-corrected chi connectivity index (χ1v) is 10.1. The van der Waals surface area contributed by atoms with Crippen LogP contribution in [0, 0.1) is 18.8 Å². The number of para-hydroxylation sites is 1. The molecule has 0 spiro atoms. The van der Waals surface area contributed by atoms with Gasteiger partial charge in [-0.3, -0.25) is 9.69 Å². The lowest BCUT2D eigenvalue weighted by atomic mass is 9.88. The van der Waals surface area contributed by atoms with E-state index < -0.39 is 0 Å². The third-order valence-corrected chi connectivity index (χ3v) is 6.82. The number of halogens is 1. The topological polar surface area (TPSA) is 28.5 Å². The molecule has 2 saturated heterocycles. The quantitative estimate of drug-likeness (QED) is 0.631. The summed E-state index contributed by atoms with van der Waals surface area (Å²) in [5.41, 5.74) is 4.71. The first kappa shape index (κ1) is 20.0. The molecular formula is C24H28ClN3O. The highest BCUT2D eigenvalue weighted by Gasteiger charge is 2.47. The molecule has 1 aromatic heterocycles. The third-order valence-electron chi connectivity index (χ3n) is 6.82. The van der Waals surface area contributed by atoms with E-state index in [1.165, 1.54) is 11.1 Å². The fourth-order valence-corrected chi connectivity index (χ4v) is 5.49. The summed E-state index contributed by atoms with van der Waals surface area (Å²) in [5.74, 6) is 1.23. The van der Waals surface area contributed by atoms with E-state index in [1.807, 2.05) is 25.4 Å². The Morgan fingerprint density at radius 2 is 1.69 bits per heavy atom. The molecule has 29 heavy (non-hydrogen) atoms. The van der Waals surface area contributed by atoms with Crippen LogP contribution in [-0.4, -0.2) is 47.0 Å². The van der Waals surface area contributed by atoms with Crippen molar-refractivity contribution in [3.05, 3.63) is 71.4 Å². The maximum absolute atomic E-state index is 13.4. The highest BCUT2D eigenvalue weighted by Crippen LogP contribution is 2.45. The standard InChI is InChI=1S/C24H27N3O.ClH/c1-16-8-4-5-9-18(16)23-20-15-27(13-17(20)12-26(23)3)24(28)21-14-25(2)22-11-7-6-10-19(21)22;/h4-11,14,17,20,23H,12-13,15H2,1-3H3;1H/t17-,20+,23+;/m0./s1. The predicted octanol–water partition coefficient (Wildman–Crippen LogP) is 4.28. The van der Waals surface area contributed by atoms with Crippen molar-refractivity contribution in [2.75, 3.05) is 26.7 Å². The van der Waals surface area contributed by atoms with Gasteiger partial charge in [0.15, 0.2) is 0 Å². The fraction of sp³-hybridized carbons (Fsp3) is 0.375. The maximum Gasteiger partial charge on any atom is 0.256 e. The van der Waals surface area contributed by atoms with Gasteiger partial charge in [-0.1, -0.05) is 42.5 Å². The molecule has 0 unspecified atom stereocenters. The first-order chi connectivity index (χ1) is 13.5. The van der Waals surface area contributed by atoms with Crippen LogP contribution in [0.1, 0.15) is 27.5 Å². The van der Waals surface area contributed by atoms with Crippen LogP contribution in [0.3, 0.4) is 0 Å². The number of hydrogen-bond acceptors (Lipinski definition) is 2. The molecule has 0 saturated carbocycles. The molecule has 0 N–H and O–H groups in total. The van der Waals surface area contributed by atoms with Crippen LogP contribution < -0.4 is 0 Å². The van der Waals surface area contributed by atoms with E-state index in [2.05, 4.69) is 64.7 Å². The minimum atomic E-state index is 0. The molecule has 0 bridgehead atoms. The second-order valence-electron chi connectivity index (χ2n) is 8.55. The van der Waals surface area contributed by atoms with E-state index in [-0.39, 0.29) is 18.3 Å². The molecule has 3 aromatic rings. The van der Waals surface area contributed by atoms with E-state index in [1.54, 1.807) is 0 Å². The van der Waals surface area contributed by atoms with Crippen molar-refractivity contribution in [1.82, 2.24) is 14.4 Å². The van der Waals surface area contributed by atoms with Gasteiger partial charge in [-0.2, -0.15) is 0 Å². The van der Waals surface area contributed by atoms with Crippen molar-refractivity contribution in [3.63, 3.8) is 0 Å². The molecule has 152 valence electrons. The number of likely N-dealkylation sites (tertiary alicyclic amines) is 2. The zero-order valence-corrected chi connectivity index (χ0v) is 18.0. The number of rotatable bonds is 2. The van der Waals surface area contributed by atoms with Gasteiger partial charge < -0.3 is 9.47 Å². The van der Waals surface area contributed by atoms with Crippen molar-refractivity contribution < 1.29 is 4.79 Å². The molecule has 0 aliphatic carbocycles. The summed E-state index contributed by atoms with van der Waals surface area (Å²) in [7, 11) is 4.24. The van der Waals surface area contributed by atoms with Crippen LogP contribution in [0.15, 0.2) is 54.7 Å². The second kappa shape index (κ2) is 7.51. The summed E-state index contributed by atoms with van der Waals surface area (Å²) in [6, 6.07) is 17.3. The van der Waals surface area contributed by atoms with Crippen LogP contribution in [-0.2, 0) is 7.05 Å². The van der Waals surface area contributed by atoms with Crippen molar-refractivity contribution in [2.24, 2.45) is 18.9 Å². The zero-order valence-electron chi connectivity index (χ0n) is 17.2. The SMILES string of the molecule is Cc1ccccc1[C@@H]1[C@@H]2CN(C(=O)c3cn(C)c4ccccc34)C[C@@H]2CN1C.Cl. The maximum atomic E-state index is 13.4. The minimum Gasteiger partial charge on any atom is -0.350 e. The lowest BCUT2D eigenvalue weighted by Gasteiger charge is -2.28. The molecule has 2 aromatic carbocycles.